The molecule has 1 N–H and O–H groups in total. The lowest BCUT2D eigenvalue weighted by atomic mass is 9.96. The summed E-state index contributed by atoms with van der Waals surface area (Å²) in [6, 6.07) is 14.8. The van der Waals surface area contributed by atoms with E-state index in [0.717, 1.165) is 27.3 Å². The molecule has 0 saturated carbocycles. The summed E-state index contributed by atoms with van der Waals surface area (Å²) in [5, 5.41) is 7.73. The van der Waals surface area contributed by atoms with Gasteiger partial charge in [-0.3, -0.25) is 0 Å². The van der Waals surface area contributed by atoms with Crippen LogP contribution in [0.1, 0.15) is 25.5 Å². The number of hydrogen-bond acceptors (Lipinski definition) is 5. The zero-order valence-electron chi connectivity index (χ0n) is 16.5. The fourth-order valence-corrected chi connectivity index (χ4v) is 4.00. The van der Waals surface area contributed by atoms with Gasteiger partial charge in [-0.05, 0) is 35.6 Å². The van der Waals surface area contributed by atoms with Crippen molar-refractivity contribution in [2.75, 3.05) is 12.4 Å². The van der Waals surface area contributed by atoms with Crippen molar-refractivity contribution >= 4 is 27.2 Å². The minimum Gasteiger partial charge on any atom is -0.481 e. The lowest BCUT2D eigenvalue weighted by Crippen LogP contribution is -2.18. The van der Waals surface area contributed by atoms with Crippen LogP contribution >= 0.6 is 11.3 Å². The van der Waals surface area contributed by atoms with Gasteiger partial charge in [0.2, 0.25) is 5.88 Å². The Morgan fingerprint density at radius 3 is 2.69 bits per heavy atom. The Labute approximate surface area is 173 Å². The standard InChI is InChI=1S/C23H22FN3OS/c1-14(2)21(27-23-25-11-12-29-23)17-9-10-20(26-22(17)28-3)16-8-7-15-5-4-6-19(24)18(15)13-16/h4-14,21H,1-3H3,(H,25,27). The van der Waals surface area contributed by atoms with Crippen LogP contribution in [0.3, 0.4) is 0 Å². The number of pyridine rings is 1. The number of aromatic nitrogens is 2. The minimum absolute atomic E-state index is 0.00620. The van der Waals surface area contributed by atoms with E-state index in [4.69, 9.17) is 9.72 Å². The van der Waals surface area contributed by atoms with Crippen LogP contribution in [0.2, 0.25) is 0 Å². The van der Waals surface area contributed by atoms with Gasteiger partial charge in [0.1, 0.15) is 5.82 Å². The fraction of sp³-hybridized carbons (Fsp3) is 0.217. The van der Waals surface area contributed by atoms with E-state index in [1.807, 2.05) is 41.8 Å². The number of nitrogens with zero attached hydrogens (tertiary/aromatic N) is 2. The normalized spacial score (nSPS) is 12.3. The van der Waals surface area contributed by atoms with Crippen molar-refractivity contribution in [3.63, 3.8) is 0 Å². The SMILES string of the molecule is COc1nc(-c2ccc3cccc(F)c3c2)ccc1C(Nc1nccs1)C(C)C. The maximum absolute atomic E-state index is 14.2. The van der Waals surface area contributed by atoms with Crippen LogP contribution < -0.4 is 10.1 Å². The third-order valence-electron chi connectivity index (χ3n) is 4.92. The number of methoxy groups -OCH3 is 1. The van der Waals surface area contributed by atoms with Gasteiger partial charge in [0.05, 0.1) is 18.8 Å². The first-order valence-corrected chi connectivity index (χ1v) is 10.3. The van der Waals surface area contributed by atoms with Gasteiger partial charge in [0.25, 0.3) is 0 Å². The highest BCUT2D eigenvalue weighted by atomic mass is 32.1. The maximum atomic E-state index is 14.2. The first kappa shape index (κ1) is 19.3. The zero-order valence-corrected chi connectivity index (χ0v) is 17.3. The molecule has 0 bridgehead atoms. The molecule has 4 nitrogen and oxygen atoms in total. The second kappa shape index (κ2) is 8.17. The molecule has 2 aromatic heterocycles. The molecule has 4 rings (SSSR count). The number of nitrogens with one attached hydrogen (secondary N) is 1. The predicted octanol–water partition coefficient (Wildman–Crippen LogP) is 6.32. The Morgan fingerprint density at radius 1 is 1.10 bits per heavy atom. The van der Waals surface area contributed by atoms with Crippen LogP contribution in [-0.2, 0) is 0 Å². The number of rotatable bonds is 6. The van der Waals surface area contributed by atoms with Gasteiger partial charge in [0.15, 0.2) is 5.13 Å². The highest BCUT2D eigenvalue weighted by Gasteiger charge is 2.22. The van der Waals surface area contributed by atoms with Crippen molar-refractivity contribution in [3.05, 3.63) is 71.5 Å². The van der Waals surface area contributed by atoms with Gasteiger partial charge in [-0.2, -0.15) is 0 Å². The van der Waals surface area contributed by atoms with Gasteiger partial charge in [-0.15, -0.1) is 11.3 Å². The molecule has 0 spiro atoms. The Morgan fingerprint density at radius 2 is 1.97 bits per heavy atom. The molecular formula is C23H22FN3OS. The molecule has 0 aliphatic carbocycles. The van der Waals surface area contributed by atoms with E-state index in [-0.39, 0.29) is 11.9 Å². The number of thiazole rings is 1. The molecule has 0 aliphatic heterocycles. The van der Waals surface area contributed by atoms with Crippen molar-refractivity contribution < 1.29 is 9.13 Å². The molecule has 148 valence electrons. The number of fused-ring (bicyclic) bond motifs is 1. The number of anilines is 1. The molecule has 29 heavy (non-hydrogen) atoms. The summed E-state index contributed by atoms with van der Waals surface area (Å²) in [5.41, 5.74) is 2.56. The van der Waals surface area contributed by atoms with Crippen molar-refractivity contribution in [2.24, 2.45) is 5.92 Å². The van der Waals surface area contributed by atoms with E-state index in [2.05, 4.69) is 24.1 Å². The van der Waals surface area contributed by atoms with Gasteiger partial charge < -0.3 is 10.1 Å². The molecule has 2 aromatic carbocycles. The Hall–Kier alpha value is -2.99. The van der Waals surface area contributed by atoms with E-state index in [0.29, 0.717) is 17.2 Å². The van der Waals surface area contributed by atoms with E-state index in [1.165, 1.54) is 6.07 Å². The number of halogens is 1. The Kier molecular flexibility index (Phi) is 5.45. The lowest BCUT2D eigenvalue weighted by Gasteiger charge is -2.24. The molecule has 0 fully saturated rings. The molecule has 0 aliphatic rings. The van der Waals surface area contributed by atoms with Crippen LogP contribution in [0.25, 0.3) is 22.0 Å². The van der Waals surface area contributed by atoms with E-state index in [1.54, 1.807) is 30.7 Å². The van der Waals surface area contributed by atoms with Crippen LogP contribution in [0.4, 0.5) is 9.52 Å². The van der Waals surface area contributed by atoms with Gasteiger partial charge >= 0.3 is 0 Å². The number of benzene rings is 2. The van der Waals surface area contributed by atoms with Crippen molar-refractivity contribution in [1.29, 1.82) is 0 Å². The third-order valence-corrected chi connectivity index (χ3v) is 5.63. The summed E-state index contributed by atoms with van der Waals surface area (Å²) in [5.74, 6) is 0.620. The lowest BCUT2D eigenvalue weighted by molar-refractivity contribution is 0.384. The molecular weight excluding hydrogens is 385 g/mol. The van der Waals surface area contributed by atoms with Crippen molar-refractivity contribution in [1.82, 2.24) is 9.97 Å². The molecule has 1 unspecified atom stereocenters. The second-order valence-electron chi connectivity index (χ2n) is 7.17. The zero-order chi connectivity index (χ0) is 20.4. The van der Waals surface area contributed by atoms with Crippen molar-refractivity contribution in [2.45, 2.75) is 19.9 Å². The Balaban J connectivity index is 1.73. The maximum Gasteiger partial charge on any atom is 0.218 e. The fourth-order valence-electron chi connectivity index (χ4n) is 3.44. The van der Waals surface area contributed by atoms with Crippen LogP contribution in [-0.4, -0.2) is 17.1 Å². The highest BCUT2D eigenvalue weighted by molar-refractivity contribution is 7.13. The smallest absolute Gasteiger partial charge is 0.218 e. The van der Waals surface area contributed by atoms with Gasteiger partial charge in [-0.1, -0.05) is 38.1 Å². The molecule has 0 radical (unpaired) electrons. The van der Waals surface area contributed by atoms with E-state index >= 15 is 0 Å². The summed E-state index contributed by atoms with van der Waals surface area (Å²) in [4.78, 5) is 9.06. The summed E-state index contributed by atoms with van der Waals surface area (Å²) in [6.07, 6.45) is 1.78. The summed E-state index contributed by atoms with van der Waals surface area (Å²) in [7, 11) is 1.62. The summed E-state index contributed by atoms with van der Waals surface area (Å²) in [6.45, 7) is 4.29. The van der Waals surface area contributed by atoms with Crippen LogP contribution in [0.5, 0.6) is 5.88 Å². The van der Waals surface area contributed by atoms with Gasteiger partial charge in [-0.25, -0.2) is 14.4 Å². The number of ether oxygens (including phenoxy) is 1. The second-order valence-corrected chi connectivity index (χ2v) is 8.07. The molecule has 6 heteroatoms. The highest BCUT2D eigenvalue weighted by Crippen LogP contribution is 2.35. The minimum atomic E-state index is -0.236. The van der Waals surface area contributed by atoms with Crippen LogP contribution in [0, 0.1) is 11.7 Å². The van der Waals surface area contributed by atoms with Crippen molar-refractivity contribution in [3.8, 4) is 17.1 Å². The van der Waals surface area contributed by atoms with E-state index in [9.17, 15) is 4.39 Å². The monoisotopic (exact) mass is 407 g/mol. The Bertz CT molecular complexity index is 1130. The van der Waals surface area contributed by atoms with Gasteiger partial charge in [0, 0.05) is 28.1 Å². The molecule has 0 amide bonds. The topological polar surface area (TPSA) is 47.0 Å². The quantitative estimate of drug-likeness (QED) is 0.406. The predicted molar refractivity (Wildman–Crippen MR) is 117 cm³/mol. The first-order valence-electron chi connectivity index (χ1n) is 9.46. The molecule has 1 atom stereocenters. The van der Waals surface area contributed by atoms with E-state index < -0.39 is 0 Å². The average Bonchev–Trinajstić information content (AvgIpc) is 3.25. The number of hydrogen-bond donors (Lipinski definition) is 1. The summed E-state index contributed by atoms with van der Waals surface area (Å²) < 4.78 is 19.8. The van der Waals surface area contributed by atoms with Crippen LogP contribution in [0.15, 0.2) is 60.1 Å². The first-order chi connectivity index (χ1) is 14.1. The molecule has 2 heterocycles. The largest absolute Gasteiger partial charge is 0.481 e. The molecule has 4 aromatic rings. The summed E-state index contributed by atoms with van der Waals surface area (Å²) >= 11 is 1.56. The third kappa shape index (κ3) is 3.93. The average molecular weight is 408 g/mol. The molecule has 0 saturated heterocycles.